The second-order valence-corrected chi connectivity index (χ2v) is 6.53. The molecule has 4 rings (SSSR count). The van der Waals surface area contributed by atoms with Gasteiger partial charge in [-0.3, -0.25) is 4.79 Å². The van der Waals surface area contributed by atoms with Gasteiger partial charge in [-0.05, 0) is 18.1 Å². The van der Waals surface area contributed by atoms with Gasteiger partial charge in [0.05, 0.1) is 5.69 Å². The van der Waals surface area contributed by atoms with Crippen LogP contribution in [0.1, 0.15) is 21.9 Å². The number of carbonyl (C=O) groups excluding carboxylic acids is 1. The highest BCUT2D eigenvalue weighted by Crippen LogP contribution is 2.31. The van der Waals surface area contributed by atoms with E-state index < -0.39 is 17.8 Å². The second kappa shape index (κ2) is 7.94. The summed E-state index contributed by atoms with van der Waals surface area (Å²) >= 11 is 0. The van der Waals surface area contributed by atoms with E-state index in [9.17, 15) is 18.0 Å². The van der Waals surface area contributed by atoms with E-state index >= 15 is 0 Å². The molecule has 9 heteroatoms. The van der Waals surface area contributed by atoms with Crippen molar-refractivity contribution in [2.45, 2.75) is 12.6 Å². The summed E-state index contributed by atoms with van der Waals surface area (Å²) in [5.41, 5.74) is 0.567. The summed E-state index contributed by atoms with van der Waals surface area (Å²) in [4.78, 5) is 20.4. The van der Waals surface area contributed by atoms with Crippen molar-refractivity contribution in [2.75, 3.05) is 6.54 Å². The molecule has 0 fully saturated rings. The second-order valence-electron chi connectivity index (χ2n) is 6.53. The lowest BCUT2D eigenvalue weighted by atomic mass is 10.1. The third-order valence-corrected chi connectivity index (χ3v) is 4.42. The molecule has 2 aromatic heterocycles. The zero-order chi connectivity index (χ0) is 21.1. The van der Waals surface area contributed by atoms with Gasteiger partial charge in [0.2, 0.25) is 5.82 Å². The van der Waals surface area contributed by atoms with Crippen molar-refractivity contribution < 1.29 is 18.0 Å². The first-order valence-corrected chi connectivity index (χ1v) is 9.14. The van der Waals surface area contributed by atoms with Gasteiger partial charge in [-0.2, -0.15) is 22.7 Å². The number of fused-ring (bicyclic) bond motifs is 1. The number of carbonyl (C=O) groups is 1. The van der Waals surface area contributed by atoms with Crippen molar-refractivity contribution in [1.29, 1.82) is 0 Å². The topological polar surface area (TPSA) is 72.2 Å². The van der Waals surface area contributed by atoms with Gasteiger partial charge in [-0.1, -0.05) is 60.7 Å². The van der Waals surface area contributed by atoms with Crippen LogP contribution in [-0.4, -0.2) is 32.0 Å². The zero-order valence-corrected chi connectivity index (χ0v) is 15.6. The van der Waals surface area contributed by atoms with Crippen LogP contribution in [0.3, 0.4) is 0 Å². The Labute approximate surface area is 169 Å². The number of hydrogen-bond donors (Lipinski definition) is 1. The number of benzene rings is 2. The average Bonchev–Trinajstić information content (AvgIpc) is 3.18. The molecule has 0 aliphatic heterocycles. The molecule has 6 nitrogen and oxygen atoms in total. The summed E-state index contributed by atoms with van der Waals surface area (Å²) in [7, 11) is 0. The summed E-state index contributed by atoms with van der Waals surface area (Å²) in [6.45, 7) is 0.299. The Morgan fingerprint density at radius 3 is 2.30 bits per heavy atom. The lowest BCUT2D eigenvalue weighted by molar-refractivity contribution is -0.142. The molecule has 0 saturated heterocycles. The van der Waals surface area contributed by atoms with Crippen molar-refractivity contribution in [3.8, 4) is 11.3 Å². The lowest BCUT2D eigenvalue weighted by Gasteiger charge is -2.10. The van der Waals surface area contributed by atoms with Gasteiger partial charge in [0, 0.05) is 12.1 Å². The van der Waals surface area contributed by atoms with E-state index in [4.69, 9.17) is 0 Å². The predicted octanol–water partition coefficient (Wildman–Crippen LogP) is 3.78. The van der Waals surface area contributed by atoms with Crippen LogP contribution in [0.4, 0.5) is 13.2 Å². The van der Waals surface area contributed by atoms with E-state index in [-0.39, 0.29) is 17.3 Å². The first-order chi connectivity index (χ1) is 14.4. The Hall–Kier alpha value is -3.75. The van der Waals surface area contributed by atoms with Gasteiger partial charge in [0.1, 0.15) is 0 Å². The van der Waals surface area contributed by atoms with Crippen LogP contribution < -0.4 is 5.32 Å². The third kappa shape index (κ3) is 4.14. The van der Waals surface area contributed by atoms with Gasteiger partial charge < -0.3 is 5.32 Å². The minimum absolute atomic E-state index is 0.0962. The molecule has 0 radical (unpaired) electrons. The molecule has 0 bridgehead atoms. The van der Waals surface area contributed by atoms with Crippen molar-refractivity contribution in [3.63, 3.8) is 0 Å². The van der Waals surface area contributed by atoms with E-state index in [2.05, 4.69) is 20.4 Å². The highest BCUT2D eigenvalue weighted by molar-refractivity contribution is 5.90. The molecular formula is C21H16F3N5O. The largest absolute Gasteiger partial charge is 0.433 e. The van der Waals surface area contributed by atoms with Crippen LogP contribution in [0.5, 0.6) is 0 Å². The average molecular weight is 411 g/mol. The van der Waals surface area contributed by atoms with E-state index in [1.54, 1.807) is 30.3 Å². The Morgan fingerprint density at radius 1 is 0.967 bits per heavy atom. The molecule has 0 saturated carbocycles. The summed E-state index contributed by atoms with van der Waals surface area (Å²) in [5, 5.41) is 6.38. The van der Waals surface area contributed by atoms with Crippen molar-refractivity contribution >= 4 is 11.7 Å². The quantitative estimate of drug-likeness (QED) is 0.543. The molecule has 2 heterocycles. The maximum absolute atomic E-state index is 13.6. The molecule has 0 atom stereocenters. The van der Waals surface area contributed by atoms with E-state index in [0.717, 1.165) is 11.6 Å². The zero-order valence-electron chi connectivity index (χ0n) is 15.6. The number of rotatable bonds is 5. The fraction of sp³-hybridized carbons (Fsp3) is 0.143. The Bertz CT molecular complexity index is 1170. The van der Waals surface area contributed by atoms with Gasteiger partial charge in [-0.25, -0.2) is 4.98 Å². The fourth-order valence-corrected chi connectivity index (χ4v) is 2.97. The molecule has 4 aromatic rings. The number of alkyl halides is 3. The number of amides is 1. The minimum Gasteiger partial charge on any atom is -0.349 e. The van der Waals surface area contributed by atoms with Crippen LogP contribution in [-0.2, 0) is 12.6 Å². The highest BCUT2D eigenvalue weighted by atomic mass is 19.4. The SMILES string of the molecule is O=C(NCCc1ccccc1)c1nc2nc(-c3ccccc3)cc(C(F)(F)F)n2n1. The van der Waals surface area contributed by atoms with Crippen molar-refractivity contribution in [3.05, 3.63) is 83.8 Å². The number of hydrogen-bond acceptors (Lipinski definition) is 4. The highest BCUT2D eigenvalue weighted by Gasteiger charge is 2.36. The van der Waals surface area contributed by atoms with E-state index in [1.165, 1.54) is 0 Å². The molecular weight excluding hydrogens is 395 g/mol. The molecule has 2 aromatic carbocycles. The summed E-state index contributed by atoms with van der Waals surface area (Å²) in [6, 6.07) is 18.8. The number of nitrogens with zero attached hydrogens (tertiary/aromatic N) is 4. The van der Waals surface area contributed by atoms with Crippen molar-refractivity contribution in [2.24, 2.45) is 0 Å². The number of nitrogens with one attached hydrogen (secondary N) is 1. The lowest BCUT2D eigenvalue weighted by Crippen LogP contribution is -2.26. The molecule has 0 unspecified atom stereocenters. The number of aromatic nitrogens is 4. The Kier molecular flexibility index (Phi) is 5.18. The maximum Gasteiger partial charge on any atom is 0.433 e. The third-order valence-electron chi connectivity index (χ3n) is 4.42. The predicted molar refractivity (Wildman–Crippen MR) is 104 cm³/mol. The van der Waals surface area contributed by atoms with Gasteiger partial charge >= 0.3 is 6.18 Å². The molecule has 0 aliphatic rings. The minimum atomic E-state index is -4.69. The van der Waals surface area contributed by atoms with Crippen LogP contribution in [0.25, 0.3) is 17.0 Å². The first kappa shape index (κ1) is 19.6. The number of halogens is 3. The van der Waals surface area contributed by atoms with Crippen LogP contribution in [0.2, 0.25) is 0 Å². The standard InChI is InChI=1S/C21H16F3N5O/c22-21(23,24)17-13-16(15-9-5-2-6-10-15)26-20-27-18(28-29(17)20)19(30)25-12-11-14-7-3-1-4-8-14/h1-10,13H,11-12H2,(H,25,30). The molecule has 1 N–H and O–H groups in total. The van der Waals surface area contributed by atoms with E-state index in [0.29, 0.717) is 23.0 Å². The molecule has 0 aliphatic carbocycles. The molecule has 152 valence electrons. The van der Waals surface area contributed by atoms with E-state index in [1.807, 2.05) is 30.3 Å². The smallest absolute Gasteiger partial charge is 0.349 e. The van der Waals surface area contributed by atoms with Crippen LogP contribution >= 0.6 is 0 Å². The summed E-state index contributed by atoms with van der Waals surface area (Å²) in [5.74, 6) is -1.33. The van der Waals surface area contributed by atoms with Gasteiger partial charge in [-0.15, -0.1) is 5.10 Å². The molecule has 0 spiro atoms. The molecule has 1 amide bonds. The van der Waals surface area contributed by atoms with Gasteiger partial charge in [0.15, 0.2) is 5.69 Å². The summed E-state index contributed by atoms with van der Waals surface area (Å²) < 4.78 is 41.3. The maximum atomic E-state index is 13.6. The van der Waals surface area contributed by atoms with Crippen LogP contribution in [0.15, 0.2) is 66.7 Å². The monoisotopic (exact) mass is 411 g/mol. The summed E-state index contributed by atoms with van der Waals surface area (Å²) in [6.07, 6.45) is -4.12. The van der Waals surface area contributed by atoms with Crippen molar-refractivity contribution in [1.82, 2.24) is 24.9 Å². The van der Waals surface area contributed by atoms with Gasteiger partial charge in [0.25, 0.3) is 11.7 Å². The normalized spacial score (nSPS) is 11.6. The Morgan fingerprint density at radius 2 is 1.63 bits per heavy atom. The van der Waals surface area contributed by atoms with Crippen LogP contribution in [0, 0.1) is 0 Å². The fourth-order valence-electron chi connectivity index (χ4n) is 2.97. The molecule has 30 heavy (non-hydrogen) atoms. The first-order valence-electron chi connectivity index (χ1n) is 9.14. The Balaban J connectivity index is 1.63.